The molecule has 12 heteroatoms. The van der Waals surface area contributed by atoms with E-state index in [1.54, 1.807) is 13.0 Å². The summed E-state index contributed by atoms with van der Waals surface area (Å²) in [6, 6.07) is 4.76. The van der Waals surface area contributed by atoms with Gasteiger partial charge in [-0.1, -0.05) is 33.8 Å². The highest BCUT2D eigenvalue weighted by molar-refractivity contribution is 7.46. The van der Waals surface area contributed by atoms with Gasteiger partial charge in [-0.05, 0) is 67.2 Å². The highest BCUT2D eigenvalue weighted by atomic mass is 31.2. The molecule has 2 amide bonds. The number of carbonyl (C=O) groups excluding carboxylic acids is 3. The van der Waals surface area contributed by atoms with Crippen molar-refractivity contribution in [2.45, 2.75) is 71.8 Å². The third-order valence-corrected chi connectivity index (χ3v) is 10.5. The number of hydrogen-bond acceptors (Lipinski definition) is 7. The van der Waals surface area contributed by atoms with Crippen LogP contribution in [0, 0.1) is 34.0 Å². The topological polar surface area (TPSA) is 159 Å². The molecule has 9 atom stereocenters. The fraction of sp³-hybridized carbons (Fsp3) is 0.607. The normalized spacial score (nSPS) is 39.4. The van der Waals surface area contributed by atoms with Gasteiger partial charge in [-0.2, -0.15) is 0 Å². The molecule has 0 radical (unpaired) electrons. The van der Waals surface area contributed by atoms with Crippen molar-refractivity contribution < 1.29 is 47.5 Å². The number of imide groups is 1. The van der Waals surface area contributed by atoms with Gasteiger partial charge < -0.3 is 14.4 Å². The molecule has 4 rings (SSSR count). The molecule has 0 unspecified atom stereocenters. The van der Waals surface area contributed by atoms with Crippen molar-refractivity contribution in [3.8, 4) is 5.75 Å². The lowest BCUT2D eigenvalue weighted by molar-refractivity contribution is -0.191. The number of aliphatic hydroxyl groups is 1. The average molecular weight is 582 g/mol. The summed E-state index contributed by atoms with van der Waals surface area (Å²) in [5, 5.41) is 13.7. The van der Waals surface area contributed by atoms with E-state index >= 15 is 4.39 Å². The first-order chi connectivity index (χ1) is 18.5. The number of benzene rings is 1. The van der Waals surface area contributed by atoms with Crippen LogP contribution in [0.2, 0.25) is 0 Å². The molecule has 0 aliphatic heterocycles. The van der Waals surface area contributed by atoms with Crippen LogP contribution >= 0.6 is 7.82 Å². The number of Topliss-reactive ketones (excluding diaryl/α,β-unsaturated/α-hetero) is 1. The van der Waals surface area contributed by atoms with Crippen molar-refractivity contribution in [1.29, 1.82) is 0 Å². The molecule has 3 aliphatic carbocycles. The minimum Gasteiger partial charge on any atom is -0.445 e. The predicted octanol–water partition coefficient (Wildman–Crippen LogP) is 4.34. The first kappa shape index (κ1) is 30.4. The summed E-state index contributed by atoms with van der Waals surface area (Å²) in [4.78, 5) is 57.1. The first-order valence-corrected chi connectivity index (χ1v) is 14.9. The third kappa shape index (κ3) is 5.02. The Morgan fingerprint density at radius 1 is 1.18 bits per heavy atom. The zero-order valence-corrected chi connectivity index (χ0v) is 23.9. The largest absolute Gasteiger partial charge is 0.524 e. The number of nitrogens with one attached hydrogen (secondary N) is 1. The number of ketones is 1. The smallest absolute Gasteiger partial charge is 0.445 e. The van der Waals surface area contributed by atoms with E-state index in [1.807, 2.05) is 20.8 Å². The van der Waals surface area contributed by atoms with Gasteiger partial charge in [0.05, 0.1) is 6.10 Å². The Hall–Kier alpha value is -2.59. The lowest BCUT2D eigenvalue weighted by Gasteiger charge is -2.61. The Bertz CT molecular complexity index is 1250. The van der Waals surface area contributed by atoms with Crippen molar-refractivity contribution in [2.75, 3.05) is 0 Å². The predicted molar refractivity (Wildman–Crippen MR) is 142 cm³/mol. The minimum atomic E-state index is -4.78. The van der Waals surface area contributed by atoms with Crippen LogP contribution < -0.4 is 9.84 Å². The molecule has 0 heterocycles. The van der Waals surface area contributed by atoms with Crippen molar-refractivity contribution >= 4 is 25.6 Å². The Kier molecular flexibility index (Phi) is 7.86. The number of phosphoric ester groups is 1. The summed E-state index contributed by atoms with van der Waals surface area (Å²) in [6.45, 7) is 11.4. The van der Waals surface area contributed by atoms with Crippen LogP contribution in [0.3, 0.4) is 0 Å². The number of hydrogen-bond donors (Lipinski definition) is 4. The van der Waals surface area contributed by atoms with Gasteiger partial charge in [0.25, 0.3) is 5.91 Å². The van der Waals surface area contributed by atoms with E-state index in [2.05, 4.69) is 16.4 Å². The Morgan fingerprint density at radius 3 is 2.38 bits per heavy atom. The van der Waals surface area contributed by atoms with Gasteiger partial charge in [0.1, 0.15) is 11.9 Å². The van der Waals surface area contributed by atoms with E-state index in [0.717, 1.165) is 12.1 Å². The standard InChI is InChI=1S/C28H37FNO9P/c1-6-26(4)14-20(38-25(34)30-24(33)17-7-9-18(10-8-17)39-40(35,36)37)27(5)15(2)11-12-28(16(3)23(26)32)13-19(29)21(31)22(27)28/h6-10,15-16,19-20,22-23,32H,1,11-14H2,2-5H3,(H,30,33,34)(H2,35,36,37)/t15-,16+,19+,20-,22+,23+,26-,27+,28+/m1/s1. The number of amides is 2. The quantitative estimate of drug-likeness (QED) is 0.293. The van der Waals surface area contributed by atoms with Gasteiger partial charge in [0.2, 0.25) is 0 Å². The molecule has 2 bridgehead atoms. The Labute approximate surface area is 232 Å². The van der Waals surface area contributed by atoms with Gasteiger partial charge >= 0.3 is 13.9 Å². The fourth-order valence-electron chi connectivity index (χ4n) is 7.58. The van der Waals surface area contributed by atoms with Gasteiger partial charge in [0.15, 0.2) is 12.0 Å². The molecule has 0 saturated heterocycles. The highest BCUT2D eigenvalue weighted by Crippen LogP contribution is 2.68. The summed E-state index contributed by atoms with van der Waals surface area (Å²) in [5.41, 5.74) is -2.73. The molecular formula is C28H37FNO9P. The number of alkyl halides is 1. The van der Waals surface area contributed by atoms with Crippen molar-refractivity contribution in [2.24, 2.45) is 34.0 Å². The maximum atomic E-state index is 15.2. The van der Waals surface area contributed by atoms with Gasteiger partial charge in [-0.15, -0.1) is 6.58 Å². The molecule has 220 valence electrons. The number of halogens is 1. The van der Waals surface area contributed by atoms with Crippen molar-refractivity contribution in [1.82, 2.24) is 5.32 Å². The van der Waals surface area contributed by atoms with Gasteiger partial charge in [-0.25, -0.2) is 13.8 Å². The molecular weight excluding hydrogens is 544 g/mol. The van der Waals surface area contributed by atoms with E-state index in [-0.39, 0.29) is 30.1 Å². The molecule has 10 nitrogen and oxygen atoms in total. The number of ether oxygens (including phenoxy) is 1. The number of aliphatic hydroxyl groups excluding tert-OH is 1. The van der Waals surface area contributed by atoms with Crippen LogP contribution in [0.15, 0.2) is 36.9 Å². The molecule has 0 spiro atoms. The molecule has 3 saturated carbocycles. The van der Waals surface area contributed by atoms with Crippen molar-refractivity contribution in [3.63, 3.8) is 0 Å². The summed E-state index contributed by atoms with van der Waals surface area (Å²) in [6.07, 6.45) is -1.76. The van der Waals surface area contributed by atoms with Crippen LogP contribution in [0.1, 0.15) is 63.7 Å². The van der Waals surface area contributed by atoms with E-state index in [1.165, 1.54) is 12.1 Å². The lowest BCUT2D eigenvalue weighted by Crippen LogP contribution is -2.63. The SMILES string of the molecule is C=C[C@]1(C)C[C@@H](OC(=O)NC(=O)c2ccc(OP(=O)(O)O)cc2)[C@]2(C)[C@H](C)CC[C@]3(C[C@H](F)C(=O)[C@H]32)[C@@H](C)[C@@H]1O. The van der Waals surface area contributed by atoms with Gasteiger partial charge in [0, 0.05) is 22.3 Å². The number of carbonyl (C=O) groups is 3. The summed E-state index contributed by atoms with van der Waals surface area (Å²) >= 11 is 0. The third-order valence-electron chi connectivity index (χ3n) is 10.1. The van der Waals surface area contributed by atoms with Crippen LogP contribution in [-0.4, -0.2) is 51.1 Å². The molecule has 40 heavy (non-hydrogen) atoms. The Morgan fingerprint density at radius 2 is 1.80 bits per heavy atom. The molecule has 3 aliphatic rings. The number of alkyl carbamates (subject to hydrolysis) is 1. The van der Waals surface area contributed by atoms with Crippen LogP contribution in [0.5, 0.6) is 5.75 Å². The highest BCUT2D eigenvalue weighted by Gasteiger charge is 2.70. The monoisotopic (exact) mass is 581 g/mol. The van der Waals surface area contributed by atoms with E-state index in [4.69, 9.17) is 14.5 Å². The summed E-state index contributed by atoms with van der Waals surface area (Å²) in [7, 11) is -4.78. The maximum absolute atomic E-state index is 15.2. The molecule has 1 aromatic rings. The van der Waals surface area contributed by atoms with Crippen LogP contribution in [0.4, 0.5) is 9.18 Å². The zero-order chi connectivity index (χ0) is 29.8. The second-order valence-corrected chi connectivity index (χ2v) is 13.3. The number of phosphoric acid groups is 1. The maximum Gasteiger partial charge on any atom is 0.524 e. The number of rotatable bonds is 5. The summed E-state index contributed by atoms with van der Waals surface area (Å²) in [5.74, 6) is -2.87. The molecule has 1 aromatic carbocycles. The van der Waals surface area contributed by atoms with E-state index in [9.17, 15) is 24.1 Å². The molecule has 3 fully saturated rings. The molecule has 0 aromatic heterocycles. The summed E-state index contributed by atoms with van der Waals surface area (Å²) < 4.78 is 36.6. The first-order valence-electron chi connectivity index (χ1n) is 13.3. The Balaban J connectivity index is 1.64. The molecule has 4 N–H and O–H groups in total. The fourth-order valence-corrected chi connectivity index (χ4v) is 7.97. The van der Waals surface area contributed by atoms with Crippen LogP contribution in [0.25, 0.3) is 0 Å². The second kappa shape index (κ2) is 10.4. The van der Waals surface area contributed by atoms with Gasteiger partial charge in [-0.3, -0.25) is 24.7 Å². The minimum absolute atomic E-state index is 0.00336. The second-order valence-electron chi connectivity index (χ2n) is 12.1. The van der Waals surface area contributed by atoms with Crippen molar-refractivity contribution in [3.05, 3.63) is 42.5 Å². The average Bonchev–Trinajstić information content (AvgIpc) is 3.15. The van der Waals surface area contributed by atoms with Crippen LogP contribution in [-0.2, 0) is 14.1 Å². The zero-order valence-electron chi connectivity index (χ0n) is 23.0. The van der Waals surface area contributed by atoms with E-state index < -0.39 is 72.1 Å². The van der Waals surface area contributed by atoms with E-state index in [0.29, 0.717) is 12.8 Å². The lowest BCUT2D eigenvalue weighted by atomic mass is 9.44.